The van der Waals surface area contributed by atoms with Crippen LogP contribution in [0.4, 0.5) is 19.0 Å². The fourth-order valence-electron chi connectivity index (χ4n) is 4.79. The molecule has 3 heterocycles. The summed E-state index contributed by atoms with van der Waals surface area (Å²) in [6.45, 7) is 0.590. The molecule has 12 heteroatoms. The molecule has 1 aliphatic carbocycles. The number of nitrogens with two attached hydrogens (primary N) is 1. The van der Waals surface area contributed by atoms with Crippen LogP contribution in [0, 0.1) is 0 Å². The highest BCUT2D eigenvalue weighted by atomic mass is 32.2. The summed E-state index contributed by atoms with van der Waals surface area (Å²) < 4.78 is 67.8. The minimum Gasteiger partial charge on any atom is -0.367 e. The third-order valence-corrected chi connectivity index (χ3v) is 9.17. The third-order valence-electron chi connectivity index (χ3n) is 7.25. The normalized spacial score (nSPS) is 18.2. The molecule has 1 aromatic carbocycles. The first-order valence-corrected chi connectivity index (χ1v) is 13.6. The molecule has 1 saturated heterocycles. The molecular weight excluding hydrogens is 519 g/mol. The Balaban J connectivity index is 1.19. The molecule has 0 atom stereocenters. The second-order valence-electron chi connectivity index (χ2n) is 9.65. The number of carbonyl (C=O) groups excluding carboxylic acids is 1. The Morgan fingerprint density at radius 1 is 1.00 bits per heavy atom. The number of halogens is 3. The van der Waals surface area contributed by atoms with Crippen molar-refractivity contribution in [2.45, 2.75) is 48.2 Å². The molecule has 200 valence electrons. The Bertz CT molecular complexity index is 1430. The molecule has 0 bridgehead atoms. The van der Waals surface area contributed by atoms with Gasteiger partial charge < -0.3 is 11.1 Å². The maximum absolute atomic E-state index is 13.3. The van der Waals surface area contributed by atoms with Crippen LogP contribution in [0.1, 0.15) is 41.7 Å². The number of hydrogen-bond donors (Lipinski definition) is 2. The van der Waals surface area contributed by atoms with Crippen molar-refractivity contribution >= 4 is 21.7 Å². The molecular formula is C26H26F3N5O3S. The van der Waals surface area contributed by atoms with Gasteiger partial charge in [-0.3, -0.25) is 9.78 Å². The van der Waals surface area contributed by atoms with Gasteiger partial charge in [-0.1, -0.05) is 18.2 Å². The minimum absolute atomic E-state index is 0.0502. The number of piperidine rings is 1. The number of aromatic nitrogens is 2. The second-order valence-corrected chi connectivity index (χ2v) is 11.6. The van der Waals surface area contributed by atoms with E-state index in [0.29, 0.717) is 37.3 Å². The number of hydrogen-bond acceptors (Lipinski definition) is 6. The quantitative estimate of drug-likeness (QED) is 0.462. The van der Waals surface area contributed by atoms with E-state index < -0.39 is 27.5 Å². The third kappa shape index (κ3) is 4.97. The predicted molar refractivity (Wildman–Crippen MR) is 135 cm³/mol. The molecule has 8 nitrogen and oxygen atoms in total. The number of carbonyl (C=O) groups is 1. The Kier molecular flexibility index (Phi) is 6.64. The van der Waals surface area contributed by atoms with Crippen molar-refractivity contribution in [2.75, 3.05) is 18.4 Å². The van der Waals surface area contributed by atoms with Crippen molar-refractivity contribution < 1.29 is 26.4 Å². The zero-order valence-electron chi connectivity index (χ0n) is 20.3. The Labute approximate surface area is 218 Å². The molecule has 38 heavy (non-hydrogen) atoms. The number of alkyl halides is 3. The summed E-state index contributed by atoms with van der Waals surface area (Å²) in [6, 6.07) is 12.6. The van der Waals surface area contributed by atoms with Gasteiger partial charge in [0.15, 0.2) is 0 Å². The van der Waals surface area contributed by atoms with Gasteiger partial charge in [-0.15, -0.1) is 0 Å². The van der Waals surface area contributed by atoms with E-state index in [-0.39, 0.29) is 35.0 Å². The summed E-state index contributed by atoms with van der Waals surface area (Å²) >= 11 is 0. The number of primary amides is 1. The van der Waals surface area contributed by atoms with E-state index in [2.05, 4.69) is 15.3 Å². The molecule has 3 N–H and O–H groups in total. The fraction of sp³-hybridized carbons (Fsp3) is 0.346. The van der Waals surface area contributed by atoms with Crippen LogP contribution in [-0.2, 0) is 15.4 Å². The van der Waals surface area contributed by atoms with Crippen molar-refractivity contribution in [3.63, 3.8) is 0 Å². The van der Waals surface area contributed by atoms with Gasteiger partial charge in [0.25, 0.3) is 5.91 Å². The summed E-state index contributed by atoms with van der Waals surface area (Å²) in [4.78, 5) is 19.6. The van der Waals surface area contributed by atoms with Crippen molar-refractivity contribution in [3.05, 3.63) is 72.2 Å². The number of sulfonamides is 1. The number of amides is 1. The highest BCUT2D eigenvalue weighted by Crippen LogP contribution is 2.58. The number of anilines is 1. The van der Waals surface area contributed by atoms with Crippen molar-refractivity contribution in [1.82, 2.24) is 14.3 Å². The summed E-state index contributed by atoms with van der Waals surface area (Å²) in [5, 5.41) is 3.22. The number of pyridine rings is 2. The van der Waals surface area contributed by atoms with Crippen LogP contribution in [0.25, 0.3) is 11.1 Å². The largest absolute Gasteiger partial charge is 0.398 e. The maximum Gasteiger partial charge on any atom is 0.398 e. The van der Waals surface area contributed by atoms with E-state index in [9.17, 15) is 26.4 Å². The van der Waals surface area contributed by atoms with Gasteiger partial charge in [-0.05, 0) is 72.7 Å². The van der Waals surface area contributed by atoms with Crippen LogP contribution >= 0.6 is 0 Å². The Morgan fingerprint density at radius 2 is 1.68 bits per heavy atom. The first-order valence-electron chi connectivity index (χ1n) is 12.2. The number of rotatable bonds is 7. The Morgan fingerprint density at radius 3 is 2.24 bits per heavy atom. The van der Waals surface area contributed by atoms with Crippen LogP contribution < -0.4 is 11.1 Å². The second kappa shape index (κ2) is 9.66. The lowest BCUT2D eigenvalue weighted by molar-refractivity contribution is -0.160. The molecule has 2 aromatic heterocycles. The number of benzene rings is 1. The highest BCUT2D eigenvalue weighted by molar-refractivity contribution is 7.89. The van der Waals surface area contributed by atoms with E-state index in [1.165, 1.54) is 34.9 Å². The molecule has 3 aromatic rings. The SMILES string of the molecule is NC(=O)c1cc(-c2ccc(S(=O)(=O)N3CCC(Nc4ccc(C5(C(F)(F)F)CC5)cn4)CC3)cc2)ccn1. The van der Waals surface area contributed by atoms with Gasteiger partial charge >= 0.3 is 6.18 Å². The lowest BCUT2D eigenvalue weighted by Crippen LogP contribution is -2.42. The smallest absolute Gasteiger partial charge is 0.367 e. The highest BCUT2D eigenvalue weighted by Gasteiger charge is 2.64. The molecule has 1 amide bonds. The van der Waals surface area contributed by atoms with Gasteiger partial charge in [0.05, 0.1) is 10.3 Å². The van der Waals surface area contributed by atoms with Crippen molar-refractivity contribution in [3.8, 4) is 11.1 Å². The monoisotopic (exact) mass is 545 g/mol. The molecule has 2 aliphatic rings. The first kappa shape index (κ1) is 26.1. The lowest BCUT2D eigenvalue weighted by atomic mass is 9.97. The summed E-state index contributed by atoms with van der Waals surface area (Å²) in [6.07, 6.45) is -0.307. The topological polar surface area (TPSA) is 118 Å². The average molecular weight is 546 g/mol. The summed E-state index contributed by atoms with van der Waals surface area (Å²) in [5.41, 5.74) is 5.23. The zero-order chi connectivity index (χ0) is 27.1. The maximum atomic E-state index is 13.3. The standard InChI is InChI=1S/C26H26F3N5O3S/c27-26(28,29)25(10-11-25)19-3-6-23(32-16-19)33-20-8-13-34(14-9-20)38(36,37)21-4-1-17(2-5-21)18-7-12-31-22(15-18)24(30)35/h1-7,12,15-16,20H,8-11,13-14H2,(H2,30,35)(H,32,33). The van der Waals surface area contributed by atoms with Gasteiger partial charge in [-0.25, -0.2) is 13.4 Å². The minimum atomic E-state index is -4.28. The first-order chi connectivity index (χ1) is 18.0. The summed E-state index contributed by atoms with van der Waals surface area (Å²) in [5.74, 6) is -0.177. The molecule has 1 saturated carbocycles. The predicted octanol–water partition coefficient (Wildman–Crippen LogP) is 4.10. The van der Waals surface area contributed by atoms with Crippen LogP contribution in [0.3, 0.4) is 0 Å². The van der Waals surface area contributed by atoms with Gasteiger partial charge in [0.1, 0.15) is 11.5 Å². The van der Waals surface area contributed by atoms with E-state index >= 15 is 0 Å². The van der Waals surface area contributed by atoms with Gasteiger partial charge in [0.2, 0.25) is 10.0 Å². The van der Waals surface area contributed by atoms with E-state index in [0.717, 1.165) is 5.56 Å². The van der Waals surface area contributed by atoms with Crippen molar-refractivity contribution in [1.29, 1.82) is 0 Å². The molecule has 2 fully saturated rings. The Hall–Kier alpha value is -3.51. The van der Waals surface area contributed by atoms with Crippen LogP contribution in [0.15, 0.2) is 65.8 Å². The van der Waals surface area contributed by atoms with Crippen molar-refractivity contribution in [2.24, 2.45) is 5.73 Å². The fourth-order valence-corrected chi connectivity index (χ4v) is 6.26. The van der Waals surface area contributed by atoms with E-state index in [1.807, 2.05) is 0 Å². The average Bonchev–Trinajstić information content (AvgIpc) is 3.72. The summed E-state index contributed by atoms with van der Waals surface area (Å²) in [7, 11) is -3.71. The van der Waals surface area contributed by atoms with Crippen LogP contribution in [0.2, 0.25) is 0 Å². The molecule has 0 unspecified atom stereocenters. The number of nitrogens with one attached hydrogen (secondary N) is 1. The molecule has 0 radical (unpaired) electrons. The van der Waals surface area contributed by atoms with Gasteiger partial charge in [0, 0.05) is 31.5 Å². The molecule has 1 aliphatic heterocycles. The molecule has 5 rings (SSSR count). The zero-order valence-corrected chi connectivity index (χ0v) is 21.1. The van der Waals surface area contributed by atoms with Crippen LogP contribution in [-0.4, -0.2) is 53.9 Å². The van der Waals surface area contributed by atoms with E-state index in [4.69, 9.17) is 5.73 Å². The van der Waals surface area contributed by atoms with E-state index in [1.54, 1.807) is 30.3 Å². The lowest BCUT2D eigenvalue weighted by Gasteiger charge is -2.32. The number of nitrogens with zero attached hydrogens (tertiary/aromatic N) is 3. The molecule has 0 spiro atoms. The van der Waals surface area contributed by atoms with Gasteiger partial charge in [-0.2, -0.15) is 17.5 Å². The van der Waals surface area contributed by atoms with Crippen LogP contribution in [0.5, 0.6) is 0 Å².